The summed E-state index contributed by atoms with van der Waals surface area (Å²) in [5.41, 5.74) is 2.86. The number of anilines is 1. The number of hydrogen-bond donors (Lipinski definition) is 3. The van der Waals surface area contributed by atoms with Gasteiger partial charge in [-0.1, -0.05) is 6.07 Å². The third-order valence-corrected chi connectivity index (χ3v) is 4.42. The van der Waals surface area contributed by atoms with E-state index in [1.54, 1.807) is 0 Å². The topological polar surface area (TPSA) is 70.6 Å². The smallest absolute Gasteiger partial charge is 0.412 e. The van der Waals surface area contributed by atoms with Crippen molar-refractivity contribution in [1.29, 1.82) is 0 Å². The van der Waals surface area contributed by atoms with Gasteiger partial charge in [-0.25, -0.2) is 4.79 Å². The molecule has 1 amide bonds. The van der Waals surface area contributed by atoms with E-state index in [0.29, 0.717) is 12.1 Å². The monoisotopic (exact) mass is 318 g/mol. The summed E-state index contributed by atoms with van der Waals surface area (Å²) in [5, 5.41) is 15.8. The first-order chi connectivity index (χ1) is 10.8. The van der Waals surface area contributed by atoms with E-state index in [1.165, 1.54) is 11.1 Å². The predicted octanol–water partition coefficient (Wildman–Crippen LogP) is 3.13. The molecule has 3 N–H and O–H groups in total. The summed E-state index contributed by atoms with van der Waals surface area (Å²) in [6.45, 7) is 5.55. The lowest BCUT2D eigenvalue weighted by molar-refractivity contribution is 0.0576. The zero-order chi connectivity index (χ0) is 16.6. The molecule has 0 heterocycles. The van der Waals surface area contributed by atoms with Crippen LogP contribution >= 0.6 is 0 Å². The number of aliphatic hydroxyl groups is 1. The van der Waals surface area contributed by atoms with E-state index in [-0.39, 0.29) is 6.10 Å². The molecule has 0 aromatic heterocycles. The summed E-state index contributed by atoms with van der Waals surface area (Å²) in [6, 6.07) is 6.84. The van der Waals surface area contributed by atoms with E-state index >= 15 is 0 Å². The van der Waals surface area contributed by atoms with E-state index in [1.807, 2.05) is 32.9 Å². The second-order valence-corrected chi connectivity index (χ2v) is 7.62. The van der Waals surface area contributed by atoms with Crippen molar-refractivity contribution < 1.29 is 14.6 Å². The highest BCUT2D eigenvalue weighted by molar-refractivity contribution is 5.85. The van der Waals surface area contributed by atoms with Gasteiger partial charge in [-0.2, -0.15) is 0 Å². The maximum absolute atomic E-state index is 11.8. The number of carbonyl (C=O) groups is 1. The van der Waals surface area contributed by atoms with Crippen LogP contribution in [0.2, 0.25) is 0 Å². The fourth-order valence-electron chi connectivity index (χ4n) is 3.30. The number of aryl methyl sites for hydroxylation is 1. The van der Waals surface area contributed by atoms with Gasteiger partial charge in [0.1, 0.15) is 5.60 Å². The van der Waals surface area contributed by atoms with Crippen LogP contribution in [0.15, 0.2) is 18.2 Å². The van der Waals surface area contributed by atoms with Gasteiger partial charge < -0.3 is 15.2 Å². The van der Waals surface area contributed by atoms with Crippen molar-refractivity contribution in [1.82, 2.24) is 5.32 Å². The molecule has 0 bridgehead atoms. The maximum atomic E-state index is 11.8. The Bertz CT molecular complexity index is 588. The maximum Gasteiger partial charge on any atom is 0.412 e. The highest BCUT2D eigenvalue weighted by atomic mass is 16.6. The summed E-state index contributed by atoms with van der Waals surface area (Å²) >= 11 is 0. The van der Waals surface area contributed by atoms with E-state index in [2.05, 4.69) is 16.7 Å². The van der Waals surface area contributed by atoms with Crippen LogP contribution in [-0.4, -0.2) is 28.9 Å². The molecule has 3 rings (SSSR count). The summed E-state index contributed by atoms with van der Waals surface area (Å²) in [5.74, 6) is 0. The molecular formula is C18H26N2O3. The van der Waals surface area contributed by atoms with Gasteiger partial charge in [-0.3, -0.25) is 5.32 Å². The molecule has 2 aliphatic carbocycles. The Morgan fingerprint density at radius 3 is 2.70 bits per heavy atom. The van der Waals surface area contributed by atoms with Crippen molar-refractivity contribution in [2.75, 3.05) is 5.32 Å². The summed E-state index contributed by atoms with van der Waals surface area (Å²) < 4.78 is 5.28. The second kappa shape index (κ2) is 6.13. The minimum absolute atomic E-state index is 0.131. The molecule has 1 aromatic carbocycles. The van der Waals surface area contributed by atoms with Crippen molar-refractivity contribution in [3.8, 4) is 0 Å². The van der Waals surface area contributed by atoms with Crippen LogP contribution in [0.5, 0.6) is 0 Å². The van der Waals surface area contributed by atoms with Gasteiger partial charge in [0.15, 0.2) is 0 Å². The lowest BCUT2D eigenvalue weighted by Gasteiger charge is -2.34. The average Bonchev–Trinajstić information content (AvgIpc) is 2.77. The molecule has 5 nitrogen and oxygen atoms in total. The largest absolute Gasteiger partial charge is 0.444 e. The fraction of sp³-hybridized carbons (Fsp3) is 0.611. The summed E-state index contributed by atoms with van der Waals surface area (Å²) in [7, 11) is 0. The minimum atomic E-state index is -0.497. The molecule has 0 aliphatic heterocycles. The highest BCUT2D eigenvalue weighted by Gasteiger charge is 2.31. The molecule has 126 valence electrons. The molecule has 1 aromatic rings. The summed E-state index contributed by atoms with van der Waals surface area (Å²) in [4.78, 5) is 11.8. The van der Waals surface area contributed by atoms with E-state index < -0.39 is 11.7 Å². The van der Waals surface area contributed by atoms with Gasteiger partial charge in [-0.15, -0.1) is 0 Å². The van der Waals surface area contributed by atoms with Gasteiger partial charge in [0.05, 0.1) is 6.10 Å². The lowest BCUT2D eigenvalue weighted by atomic mass is 9.88. The van der Waals surface area contributed by atoms with Crippen molar-refractivity contribution in [3.05, 3.63) is 29.3 Å². The Kier molecular flexibility index (Phi) is 4.34. The number of rotatable bonds is 3. The van der Waals surface area contributed by atoms with Gasteiger partial charge in [0.25, 0.3) is 0 Å². The van der Waals surface area contributed by atoms with Gasteiger partial charge in [-0.05, 0) is 69.7 Å². The first-order valence-corrected chi connectivity index (χ1v) is 8.37. The first-order valence-electron chi connectivity index (χ1n) is 8.37. The number of benzene rings is 1. The Hall–Kier alpha value is -1.59. The fourth-order valence-corrected chi connectivity index (χ4v) is 3.30. The number of fused-ring (bicyclic) bond motifs is 1. The molecule has 5 heteroatoms. The van der Waals surface area contributed by atoms with Crippen molar-refractivity contribution in [2.24, 2.45) is 0 Å². The molecule has 1 atom stereocenters. The van der Waals surface area contributed by atoms with Crippen LogP contribution in [0.3, 0.4) is 0 Å². The Balaban J connectivity index is 1.61. The van der Waals surface area contributed by atoms with Gasteiger partial charge in [0.2, 0.25) is 0 Å². The van der Waals surface area contributed by atoms with Crippen LogP contribution in [0, 0.1) is 0 Å². The van der Waals surface area contributed by atoms with Crippen LogP contribution in [0.4, 0.5) is 10.5 Å². The molecule has 23 heavy (non-hydrogen) atoms. The van der Waals surface area contributed by atoms with Gasteiger partial charge >= 0.3 is 6.09 Å². The normalized spacial score (nSPS) is 26.3. The first kappa shape index (κ1) is 16.3. The third kappa shape index (κ3) is 4.03. The SMILES string of the molecule is CC(C)(C)OC(=O)Nc1ccc2c(c1)CCC2NC1CC(O)C1. The standard InChI is InChI=1S/C18H26N2O3/c1-18(2,3)23-17(22)20-12-5-6-15-11(8-12)4-7-16(15)19-13-9-14(21)10-13/h5-6,8,13-14,16,19,21H,4,7,9-10H2,1-3H3,(H,20,22). The highest BCUT2D eigenvalue weighted by Crippen LogP contribution is 2.35. The molecular weight excluding hydrogens is 292 g/mol. The Morgan fingerprint density at radius 1 is 1.30 bits per heavy atom. The predicted molar refractivity (Wildman–Crippen MR) is 89.5 cm³/mol. The van der Waals surface area contributed by atoms with Gasteiger partial charge in [0, 0.05) is 17.8 Å². The molecule has 1 saturated carbocycles. The van der Waals surface area contributed by atoms with Crippen LogP contribution < -0.4 is 10.6 Å². The number of carbonyl (C=O) groups excluding carboxylic acids is 1. The van der Waals surface area contributed by atoms with Crippen LogP contribution in [0.25, 0.3) is 0 Å². The number of ether oxygens (including phenoxy) is 1. The molecule has 0 radical (unpaired) electrons. The third-order valence-electron chi connectivity index (χ3n) is 4.42. The Morgan fingerprint density at radius 2 is 2.04 bits per heavy atom. The number of nitrogens with one attached hydrogen (secondary N) is 2. The van der Waals surface area contributed by atoms with Crippen LogP contribution in [0.1, 0.15) is 57.2 Å². The van der Waals surface area contributed by atoms with Crippen LogP contribution in [-0.2, 0) is 11.2 Å². The molecule has 0 saturated heterocycles. The van der Waals surface area contributed by atoms with Crippen molar-refractivity contribution >= 4 is 11.8 Å². The minimum Gasteiger partial charge on any atom is -0.444 e. The quantitative estimate of drug-likeness (QED) is 0.801. The molecule has 2 aliphatic rings. The lowest BCUT2D eigenvalue weighted by Crippen LogP contribution is -2.45. The van der Waals surface area contributed by atoms with E-state index in [0.717, 1.165) is 31.4 Å². The Labute approximate surface area is 137 Å². The average molecular weight is 318 g/mol. The van der Waals surface area contributed by atoms with Crippen molar-refractivity contribution in [2.45, 2.75) is 70.2 Å². The molecule has 1 fully saturated rings. The summed E-state index contributed by atoms with van der Waals surface area (Å²) in [6.07, 6.45) is 3.22. The zero-order valence-corrected chi connectivity index (χ0v) is 14.1. The molecule has 1 unspecified atom stereocenters. The molecule has 0 spiro atoms. The van der Waals surface area contributed by atoms with E-state index in [9.17, 15) is 9.90 Å². The number of aliphatic hydroxyl groups excluding tert-OH is 1. The zero-order valence-electron chi connectivity index (χ0n) is 14.1. The number of amides is 1. The van der Waals surface area contributed by atoms with Crippen molar-refractivity contribution in [3.63, 3.8) is 0 Å². The second-order valence-electron chi connectivity index (χ2n) is 7.62. The van der Waals surface area contributed by atoms with E-state index in [4.69, 9.17) is 4.74 Å². The number of hydrogen-bond acceptors (Lipinski definition) is 4.